The standard InChI is InChI=1S/C22H23BrFN3O2/c23-18-5-3-4-16(12-18)14-27-15-17(13-21(27)28)22(29)26-10-8-25(9-11-26)20-7-2-1-6-19(20)24/h1-7,12,17H,8-11,13-15H2/t17-/m0/s1. The number of carbonyl (C=O) groups excluding carboxylic acids is 2. The molecule has 29 heavy (non-hydrogen) atoms. The molecule has 2 saturated heterocycles. The highest BCUT2D eigenvalue weighted by Gasteiger charge is 2.37. The first-order chi connectivity index (χ1) is 14.0. The summed E-state index contributed by atoms with van der Waals surface area (Å²) in [5, 5.41) is 0. The van der Waals surface area contributed by atoms with Crippen LogP contribution in [0.1, 0.15) is 12.0 Å². The van der Waals surface area contributed by atoms with Gasteiger partial charge in [0.25, 0.3) is 0 Å². The van der Waals surface area contributed by atoms with Crippen LogP contribution in [0.3, 0.4) is 0 Å². The first-order valence-corrected chi connectivity index (χ1v) is 10.6. The summed E-state index contributed by atoms with van der Waals surface area (Å²) in [6.07, 6.45) is 0.264. The lowest BCUT2D eigenvalue weighted by atomic mass is 10.1. The van der Waals surface area contributed by atoms with Gasteiger partial charge < -0.3 is 14.7 Å². The molecular formula is C22H23BrFN3O2. The second kappa shape index (κ2) is 8.53. The minimum absolute atomic E-state index is 0.0216. The zero-order valence-electron chi connectivity index (χ0n) is 16.1. The summed E-state index contributed by atoms with van der Waals surface area (Å²) in [6, 6.07) is 14.6. The Bertz CT molecular complexity index is 914. The van der Waals surface area contributed by atoms with Gasteiger partial charge in [0, 0.05) is 50.2 Å². The van der Waals surface area contributed by atoms with Crippen LogP contribution in [0.5, 0.6) is 0 Å². The maximum atomic E-state index is 14.0. The maximum absolute atomic E-state index is 14.0. The van der Waals surface area contributed by atoms with Gasteiger partial charge in [-0.05, 0) is 29.8 Å². The van der Waals surface area contributed by atoms with Gasteiger partial charge in [-0.2, -0.15) is 0 Å². The van der Waals surface area contributed by atoms with Crippen molar-refractivity contribution >= 4 is 33.4 Å². The van der Waals surface area contributed by atoms with Crippen LogP contribution in [0.15, 0.2) is 53.0 Å². The van der Waals surface area contributed by atoms with E-state index in [1.54, 1.807) is 17.0 Å². The molecule has 5 nitrogen and oxygen atoms in total. The molecule has 152 valence electrons. The fourth-order valence-electron chi connectivity index (χ4n) is 4.08. The lowest BCUT2D eigenvalue weighted by Crippen LogP contribution is -2.50. The minimum Gasteiger partial charge on any atom is -0.366 e. The number of hydrogen-bond acceptors (Lipinski definition) is 3. The summed E-state index contributed by atoms with van der Waals surface area (Å²) in [7, 11) is 0. The van der Waals surface area contributed by atoms with Crippen molar-refractivity contribution in [3.05, 3.63) is 64.4 Å². The number of carbonyl (C=O) groups is 2. The van der Waals surface area contributed by atoms with Crippen molar-refractivity contribution in [1.82, 2.24) is 9.80 Å². The van der Waals surface area contributed by atoms with Crippen molar-refractivity contribution < 1.29 is 14.0 Å². The molecule has 0 unspecified atom stereocenters. The molecule has 0 aromatic heterocycles. The second-order valence-electron chi connectivity index (χ2n) is 7.57. The van der Waals surface area contributed by atoms with E-state index in [1.165, 1.54) is 6.07 Å². The molecule has 2 aliphatic rings. The monoisotopic (exact) mass is 459 g/mol. The number of halogens is 2. The molecule has 1 atom stereocenters. The number of amides is 2. The molecule has 7 heteroatoms. The first-order valence-electron chi connectivity index (χ1n) is 9.82. The largest absolute Gasteiger partial charge is 0.366 e. The van der Waals surface area contributed by atoms with Gasteiger partial charge in [-0.15, -0.1) is 0 Å². The Morgan fingerprint density at radius 2 is 1.83 bits per heavy atom. The van der Waals surface area contributed by atoms with Gasteiger partial charge in [0.15, 0.2) is 0 Å². The highest BCUT2D eigenvalue weighted by molar-refractivity contribution is 9.10. The zero-order chi connectivity index (χ0) is 20.4. The summed E-state index contributed by atoms with van der Waals surface area (Å²) in [5.74, 6) is -0.483. The molecular weight excluding hydrogens is 437 g/mol. The van der Waals surface area contributed by atoms with E-state index in [2.05, 4.69) is 15.9 Å². The van der Waals surface area contributed by atoms with E-state index in [0.717, 1.165) is 10.0 Å². The van der Waals surface area contributed by atoms with E-state index in [4.69, 9.17) is 0 Å². The molecule has 4 rings (SSSR count). The van der Waals surface area contributed by atoms with Gasteiger partial charge >= 0.3 is 0 Å². The Hall–Kier alpha value is -2.41. The van der Waals surface area contributed by atoms with Crippen molar-refractivity contribution in [3.63, 3.8) is 0 Å². The quantitative estimate of drug-likeness (QED) is 0.704. The Balaban J connectivity index is 1.33. The molecule has 2 aliphatic heterocycles. The summed E-state index contributed by atoms with van der Waals surface area (Å²) >= 11 is 3.45. The predicted molar refractivity (Wildman–Crippen MR) is 113 cm³/mol. The molecule has 0 saturated carbocycles. The van der Waals surface area contributed by atoms with Crippen LogP contribution in [0.4, 0.5) is 10.1 Å². The van der Waals surface area contributed by atoms with Crippen molar-refractivity contribution in [1.29, 1.82) is 0 Å². The SMILES string of the molecule is O=C1C[C@H](C(=O)N2CCN(c3ccccc3F)CC2)CN1Cc1cccc(Br)c1. The average Bonchev–Trinajstić information content (AvgIpc) is 3.08. The number of rotatable bonds is 4. The fourth-order valence-corrected chi connectivity index (χ4v) is 4.53. The van der Waals surface area contributed by atoms with Gasteiger partial charge in [-0.25, -0.2) is 4.39 Å². The highest BCUT2D eigenvalue weighted by atomic mass is 79.9. The lowest BCUT2D eigenvalue weighted by molar-refractivity contribution is -0.136. The smallest absolute Gasteiger partial charge is 0.228 e. The highest BCUT2D eigenvalue weighted by Crippen LogP contribution is 2.25. The Morgan fingerprint density at radius 1 is 1.07 bits per heavy atom. The third kappa shape index (κ3) is 4.45. The maximum Gasteiger partial charge on any atom is 0.228 e. The second-order valence-corrected chi connectivity index (χ2v) is 8.48. The van der Waals surface area contributed by atoms with E-state index in [9.17, 15) is 14.0 Å². The average molecular weight is 460 g/mol. The van der Waals surface area contributed by atoms with Crippen molar-refractivity contribution in [2.45, 2.75) is 13.0 Å². The number of benzene rings is 2. The van der Waals surface area contributed by atoms with E-state index in [0.29, 0.717) is 45.0 Å². The predicted octanol–water partition coefficient (Wildman–Crippen LogP) is 3.29. The van der Waals surface area contributed by atoms with Crippen LogP contribution in [0.2, 0.25) is 0 Å². The van der Waals surface area contributed by atoms with Crippen LogP contribution in [0.25, 0.3) is 0 Å². The van der Waals surface area contributed by atoms with E-state index >= 15 is 0 Å². The van der Waals surface area contributed by atoms with Crippen LogP contribution < -0.4 is 4.90 Å². The van der Waals surface area contributed by atoms with E-state index in [-0.39, 0.29) is 30.0 Å². The number of para-hydroxylation sites is 1. The summed E-state index contributed by atoms with van der Waals surface area (Å²) in [6.45, 7) is 3.25. The summed E-state index contributed by atoms with van der Waals surface area (Å²) < 4.78 is 15.0. The number of nitrogens with zero attached hydrogens (tertiary/aromatic N) is 3. The number of likely N-dealkylation sites (tertiary alicyclic amines) is 1. The Morgan fingerprint density at radius 3 is 2.55 bits per heavy atom. The molecule has 2 aromatic rings. The van der Waals surface area contributed by atoms with Gasteiger partial charge in [0.1, 0.15) is 5.82 Å². The molecule has 2 amide bonds. The molecule has 0 bridgehead atoms. The summed E-state index contributed by atoms with van der Waals surface area (Å²) in [4.78, 5) is 30.9. The van der Waals surface area contributed by atoms with Crippen molar-refractivity contribution in [2.24, 2.45) is 5.92 Å². The van der Waals surface area contributed by atoms with Crippen LogP contribution in [0, 0.1) is 11.7 Å². The molecule has 0 N–H and O–H groups in total. The molecule has 2 aromatic carbocycles. The van der Waals surface area contributed by atoms with Crippen LogP contribution in [-0.2, 0) is 16.1 Å². The van der Waals surface area contributed by atoms with Crippen molar-refractivity contribution in [2.75, 3.05) is 37.6 Å². The topological polar surface area (TPSA) is 43.9 Å². The molecule has 0 spiro atoms. The Kier molecular flexibility index (Phi) is 5.85. The van der Waals surface area contributed by atoms with E-state index in [1.807, 2.05) is 40.1 Å². The van der Waals surface area contributed by atoms with Gasteiger partial charge in [0.05, 0.1) is 11.6 Å². The normalized spacial score (nSPS) is 19.7. The van der Waals surface area contributed by atoms with Crippen molar-refractivity contribution in [3.8, 4) is 0 Å². The van der Waals surface area contributed by atoms with Gasteiger partial charge in [-0.1, -0.05) is 40.2 Å². The molecule has 2 heterocycles. The number of piperazine rings is 1. The minimum atomic E-state index is -0.297. The zero-order valence-corrected chi connectivity index (χ0v) is 17.6. The lowest BCUT2D eigenvalue weighted by Gasteiger charge is -2.37. The fraction of sp³-hybridized carbons (Fsp3) is 0.364. The number of anilines is 1. The van der Waals surface area contributed by atoms with Gasteiger partial charge in [-0.3, -0.25) is 9.59 Å². The molecule has 0 aliphatic carbocycles. The first kappa shape index (κ1) is 19.9. The van der Waals surface area contributed by atoms with Crippen LogP contribution in [-0.4, -0.2) is 54.3 Å². The molecule has 2 fully saturated rings. The third-order valence-corrected chi connectivity index (χ3v) is 6.10. The third-order valence-electron chi connectivity index (χ3n) is 5.61. The Labute approximate surface area is 178 Å². The summed E-state index contributed by atoms with van der Waals surface area (Å²) in [5.41, 5.74) is 1.62. The van der Waals surface area contributed by atoms with Crippen LogP contribution >= 0.6 is 15.9 Å². The van der Waals surface area contributed by atoms with E-state index < -0.39 is 0 Å². The molecule has 0 radical (unpaired) electrons. The number of hydrogen-bond donors (Lipinski definition) is 0. The van der Waals surface area contributed by atoms with Gasteiger partial charge in [0.2, 0.25) is 11.8 Å².